The zero-order valence-electron chi connectivity index (χ0n) is 17.2. The minimum atomic E-state index is -0.635. The summed E-state index contributed by atoms with van der Waals surface area (Å²) in [6.07, 6.45) is 0. The van der Waals surface area contributed by atoms with E-state index >= 15 is 0 Å². The van der Waals surface area contributed by atoms with Gasteiger partial charge >= 0.3 is 5.97 Å². The summed E-state index contributed by atoms with van der Waals surface area (Å²) in [4.78, 5) is 25.5. The highest BCUT2D eigenvalue weighted by atomic mass is 16.5. The zero-order valence-corrected chi connectivity index (χ0v) is 17.2. The van der Waals surface area contributed by atoms with E-state index in [2.05, 4.69) is 15.4 Å². The van der Waals surface area contributed by atoms with Crippen LogP contribution in [0, 0.1) is 13.8 Å². The molecular weight excluding hydrogens is 388 g/mol. The first-order valence-corrected chi connectivity index (χ1v) is 9.17. The van der Waals surface area contributed by atoms with Crippen molar-refractivity contribution in [1.29, 1.82) is 0 Å². The van der Waals surface area contributed by atoms with Crippen LogP contribution in [-0.2, 0) is 16.1 Å². The van der Waals surface area contributed by atoms with E-state index in [9.17, 15) is 9.59 Å². The van der Waals surface area contributed by atoms with Gasteiger partial charge in [-0.15, -0.1) is 10.2 Å². The molecule has 9 heteroatoms. The molecule has 0 atom stereocenters. The molecule has 0 saturated heterocycles. The van der Waals surface area contributed by atoms with E-state index in [4.69, 9.17) is 14.2 Å². The fourth-order valence-electron chi connectivity index (χ4n) is 2.91. The predicted octanol–water partition coefficient (Wildman–Crippen LogP) is 2.40. The quantitative estimate of drug-likeness (QED) is 0.412. The number of tetrazole rings is 1. The van der Waals surface area contributed by atoms with Gasteiger partial charge < -0.3 is 14.2 Å². The number of carbonyl (C=O) groups is 2. The Morgan fingerprint density at radius 2 is 1.77 bits per heavy atom. The van der Waals surface area contributed by atoms with Crippen molar-refractivity contribution >= 4 is 11.8 Å². The zero-order chi connectivity index (χ0) is 21.7. The topological polar surface area (TPSA) is 105 Å². The van der Waals surface area contributed by atoms with Crippen LogP contribution in [0.15, 0.2) is 36.4 Å². The molecule has 156 valence electrons. The minimum absolute atomic E-state index is 0.263. The fraction of sp³-hybridized carbons (Fsp3) is 0.286. The van der Waals surface area contributed by atoms with E-state index < -0.39 is 5.97 Å². The molecule has 1 heterocycles. The third-order valence-corrected chi connectivity index (χ3v) is 4.41. The minimum Gasteiger partial charge on any atom is -0.493 e. The number of ether oxygens (including phenoxy) is 3. The van der Waals surface area contributed by atoms with Gasteiger partial charge in [0.15, 0.2) is 24.7 Å². The molecule has 0 unspecified atom stereocenters. The van der Waals surface area contributed by atoms with E-state index in [-0.39, 0.29) is 18.9 Å². The lowest BCUT2D eigenvalue weighted by Gasteiger charge is -2.07. The van der Waals surface area contributed by atoms with Gasteiger partial charge in [0.25, 0.3) is 0 Å². The SMILES string of the molecule is COc1ccc(-c2nnn(CC(=O)OCC(=O)c3ccc(C)cc3C)n2)cc1OC. The molecule has 0 N–H and O–H groups in total. The first-order valence-electron chi connectivity index (χ1n) is 9.17. The standard InChI is InChI=1S/C21H22N4O5/c1-13-5-7-16(14(2)9-13)17(26)12-30-20(27)11-25-23-21(22-24-25)15-6-8-18(28-3)19(10-15)29-4/h5-10H,11-12H2,1-4H3. The fourth-order valence-corrected chi connectivity index (χ4v) is 2.91. The molecule has 3 aromatic rings. The summed E-state index contributed by atoms with van der Waals surface area (Å²) < 4.78 is 15.5. The molecule has 0 amide bonds. The molecule has 0 fully saturated rings. The number of methoxy groups -OCH3 is 2. The first-order chi connectivity index (χ1) is 14.4. The lowest BCUT2D eigenvalue weighted by atomic mass is 10.0. The average molecular weight is 410 g/mol. The van der Waals surface area contributed by atoms with Gasteiger partial charge in [0.1, 0.15) is 0 Å². The maximum atomic E-state index is 12.3. The van der Waals surface area contributed by atoms with Gasteiger partial charge in [-0.25, -0.2) is 4.79 Å². The molecule has 0 saturated carbocycles. The Kier molecular flexibility index (Phi) is 6.41. The van der Waals surface area contributed by atoms with Gasteiger partial charge in [-0.2, -0.15) is 4.80 Å². The van der Waals surface area contributed by atoms with Crippen molar-refractivity contribution in [2.24, 2.45) is 0 Å². The number of aryl methyl sites for hydroxylation is 2. The van der Waals surface area contributed by atoms with Gasteiger partial charge in [0, 0.05) is 11.1 Å². The van der Waals surface area contributed by atoms with E-state index in [1.165, 1.54) is 7.11 Å². The average Bonchev–Trinajstić information content (AvgIpc) is 3.19. The number of benzene rings is 2. The molecular formula is C21H22N4O5. The van der Waals surface area contributed by atoms with Crippen LogP contribution in [0.25, 0.3) is 11.4 Å². The summed E-state index contributed by atoms with van der Waals surface area (Å²) in [6.45, 7) is 3.18. The Bertz CT molecular complexity index is 1080. The summed E-state index contributed by atoms with van der Waals surface area (Å²) >= 11 is 0. The van der Waals surface area contributed by atoms with Crippen LogP contribution in [0.4, 0.5) is 0 Å². The van der Waals surface area contributed by atoms with Gasteiger partial charge in [-0.1, -0.05) is 23.8 Å². The highest BCUT2D eigenvalue weighted by Crippen LogP contribution is 2.30. The summed E-state index contributed by atoms with van der Waals surface area (Å²) in [5, 5.41) is 12.0. The van der Waals surface area contributed by atoms with Crippen molar-refractivity contribution in [1.82, 2.24) is 20.2 Å². The van der Waals surface area contributed by atoms with Crippen molar-refractivity contribution in [3.8, 4) is 22.9 Å². The van der Waals surface area contributed by atoms with Crippen molar-refractivity contribution in [3.63, 3.8) is 0 Å². The number of nitrogens with zero attached hydrogens (tertiary/aromatic N) is 4. The Labute approximate surface area is 173 Å². The predicted molar refractivity (Wildman–Crippen MR) is 108 cm³/mol. The van der Waals surface area contributed by atoms with Crippen LogP contribution < -0.4 is 9.47 Å². The summed E-state index contributed by atoms with van der Waals surface area (Å²) in [7, 11) is 3.07. The van der Waals surface area contributed by atoms with E-state index in [0.29, 0.717) is 28.5 Å². The number of aromatic nitrogens is 4. The monoisotopic (exact) mass is 410 g/mol. The first kappa shape index (κ1) is 21.0. The largest absolute Gasteiger partial charge is 0.493 e. The van der Waals surface area contributed by atoms with E-state index in [1.807, 2.05) is 26.0 Å². The maximum Gasteiger partial charge on any atom is 0.330 e. The van der Waals surface area contributed by atoms with Gasteiger partial charge in [-0.05, 0) is 42.8 Å². The molecule has 0 aliphatic carbocycles. The normalized spacial score (nSPS) is 10.5. The van der Waals surface area contributed by atoms with E-state index in [1.54, 1.807) is 31.4 Å². The summed E-state index contributed by atoms with van der Waals surface area (Å²) in [5.41, 5.74) is 3.08. The number of esters is 1. The molecule has 2 aromatic carbocycles. The third kappa shape index (κ3) is 4.80. The van der Waals surface area contributed by atoms with Crippen LogP contribution in [0.2, 0.25) is 0 Å². The van der Waals surface area contributed by atoms with Gasteiger partial charge in [0.05, 0.1) is 14.2 Å². The summed E-state index contributed by atoms with van der Waals surface area (Å²) in [6, 6.07) is 10.7. The second kappa shape index (κ2) is 9.17. The summed E-state index contributed by atoms with van der Waals surface area (Å²) in [5.74, 6) is 0.513. The molecule has 1 aromatic heterocycles. The van der Waals surface area contributed by atoms with Crippen molar-refractivity contribution < 1.29 is 23.8 Å². The lowest BCUT2D eigenvalue weighted by Crippen LogP contribution is -2.20. The molecule has 0 bridgehead atoms. The number of ketones is 1. The molecule has 0 spiro atoms. The van der Waals surface area contributed by atoms with Crippen LogP contribution >= 0.6 is 0 Å². The Hall–Kier alpha value is -3.75. The maximum absolute atomic E-state index is 12.3. The van der Waals surface area contributed by atoms with Crippen molar-refractivity contribution in [3.05, 3.63) is 53.1 Å². The molecule has 9 nitrogen and oxygen atoms in total. The number of carbonyl (C=O) groups excluding carboxylic acids is 2. The van der Waals surface area contributed by atoms with Crippen LogP contribution in [0.3, 0.4) is 0 Å². The van der Waals surface area contributed by atoms with Crippen LogP contribution in [0.1, 0.15) is 21.5 Å². The highest BCUT2D eigenvalue weighted by Gasteiger charge is 2.15. The Morgan fingerprint density at radius 3 is 2.47 bits per heavy atom. The molecule has 3 rings (SSSR count). The van der Waals surface area contributed by atoms with Crippen LogP contribution in [0.5, 0.6) is 11.5 Å². The second-order valence-electron chi connectivity index (χ2n) is 6.62. The number of rotatable bonds is 8. The van der Waals surface area contributed by atoms with E-state index in [0.717, 1.165) is 15.9 Å². The lowest BCUT2D eigenvalue weighted by molar-refractivity contribution is -0.143. The van der Waals surface area contributed by atoms with Gasteiger partial charge in [-0.3, -0.25) is 4.79 Å². The third-order valence-electron chi connectivity index (χ3n) is 4.41. The Morgan fingerprint density at radius 1 is 1.00 bits per heavy atom. The Balaban J connectivity index is 1.60. The van der Waals surface area contributed by atoms with Crippen LogP contribution in [-0.4, -0.2) is 52.8 Å². The number of hydrogen-bond donors (Lipinski definition) is 0. The van der Waals surface area contributed by atoms with Crippen molar-refractivity contribution in [2.75, 3.05) is 20.8 Å². The van der Waals surface area contributed by atoms with Crippen molar-refractivity contribution in [2.45, 2.75) is 20.4 Å². The second-order valence-corrected chi connectivity index (χ2v) is 6.62. The molecule has 30 heavy (non-hydrogen) atoms. The smallest absolute Gasteiger partial charge is 0.330 e. The number of hydrogen-bond acceptors (Lipinski definition) is 8. The van der Waals surface area contributed by atoms with Gasteiger partial charge in [0.2, 0.25) is 11.6 Å². The molecule has 0 aliphatic rings. The molecule has 0 radical (unpaired) electrons. The number of Topliss-reactive ketones (excluding diaryl/α,β-unsaturated/α-hetero) is 1. The highest BCUT2D eigenvalue weighted by molar-refractivity contribution is 5.99. The molecule has 0 aliphatic heterocycles.